The average molecular weight is 588 g/mol. The molecular weight excluding hydrogens is 534 g/mol. The highest BCUT2D eigenvalue weighted by Crippen LogP contribution is 2.56. The largest absolute Gasteiger partial charge is 0.468 e. The van der Waals surface area contributed by atoms with E-state index < -0.39 is 11.3 Å². The summed E-state index contributed by atoms with van der Waals surface area (Å²) < 4.78 is 12.1. The molecule has 0 aromatic carbocycles. The van der Waals surface area contributed by atoms with Crippen molar-refractivity contribution in [2.45, 2.75) is 116 Å². The highest BCUT2D eigenvalue weighted by atomic mass is 16.5. The van der Waals surface area contributed by atoms with Crippen LogP contribution in [-0.4, -0.2) is 79.0 Å². The Morgan fingerprint density at radius 3 is 2.48 bits per heavy atom. The lowest BCUT2D eigenvalue weighted by molar-refractivity contribution is -0.182. The third kappa shape index (κ3) is 7.37. The van der Waals surface area contributed by atoms with Crippen LogP contribution in [-0.2, 0) is 28.7 Å². The van der Waals surface area contributed by atoms with Crippen molar-refractivity contribution in [2.24, 2.45) is 23.2 Å². The van der Waals surface area contributed by atoms with Crippen molar-refractivity contribution >= 4 is 23.7 Å². The van der Waals surface area contributed by atoms with Gasteiger partial charge in [0.25, 0.3) is 0 Å². The van der Waals surface area contributed by atoms with Gasteiger partial charge in [-0.2, -0.15) is 0 Å². The SMILES string of the molecule is CCCCCCCCN1C(=O)[C@@H](CC(=O)NCCCN2CCCC2=O)C[C@@]2(C(=O)OC)C1=C[C@H](C(C)C)O[C@@H]2C1CC1. The van der Waals surface area contributed by atoms with Crippen LogP contribution in [0.4, 0.5) is 0 Å². The number of carbonyl (C=O) groups excluding carboxylic acids is 4. The van der Waals surface area contributed by atoms with Crippen LogP contribution in [0.25, 0.3) is 0 Å². The number of ether oxygens (including phenoxy) is 2. The van der Waals surface area contributed by atoms with E-state index in [2.05, 4.69) is 26.1 Å². The van der Waals surface area contributed by atoms with Crippen LogP contribution in [0.2, 0.25) is 0 Å². The van der Waals surface area contributed by atoms with Gasteiger partial charge in [0.15, 0.2) is 0 Å². The number of piperidine rings is 1. The average Bonchev–Trinajstić information content (AvgIpc) is 3.74. The fourth-order valence-electron chi connectivity index (χ4n) is 7.06. The number of nitrogens with one attached hydrogen (secondary N) is 1. The molecule has 9 heteroatoms. The van der Waals surface area contributed by atoms with Gasteiger partial charge in [-0.1, -0.05) is 52.9 Å². The zero-order valence-corrected chi connectivity index (χ0v) is 26.3. The fraction of sp³-hybridized carbons (Fsp3) is 0.818. The van der Waals surface area contributed by atoms with Crippen molar-refractivity contribution in [1.82, 2.24) is 15.1 Å². The Morgan fingerprint density at radius 2 is 1.83 bits per heavy atom. The zero-order valence-electron chi connectivity index (χ0n) is 26.3. The van der Waals surface area contributed by atoms with Crippen LogP contribution in [0.5, 0.6) is 0 Å². The van der Waals surface area contributed by atoms with Gasteiger partial charge >= 0.3 is 5.97 Å². The Labute approximate surface area is 252 Å². The summed E-state index contributed by atoms with van der Waals surface area (Å²) in [6.45, 7) is 8.79. The number of methoxy groups -OCH3 is 1. The summed E-state index contributed by atoms with van der Waals surface area (Å²) in [6, 6.07) is 0. The van der Waals surface area contributed by atoms with Crippen molar-refractivity contribution in [3.63, 3.8) is 0 Å². The van der Waals surface area contributed by atoms with Crippen LogP contribution in [0.3, 0.4) is 0 Å². The molecule has 3 aliphatic heterocycles. The summed E-state index contributed by atoms with van der Waals surface area (Å²) in [7, 11) is 1.41. The minimum Gasteiger partial charge on any atom is -0.468 e. The summed E-state index contributed by atoms with van der Waals surface area (Å²) in [5, 5.41) is 2.96. The second-order valence-electron chi connectivity index (χ2n) is 13.2. The van der Waals surface area contributed by atoms with Crippen LogP contribution in [0, 0.1) is 23.2 Å². The predicted octanol–water partition coefficient (Wildman–Crippen LogP) is 4.59. The number of esters is 1. The zero-order chi connectivity index (χ0) is 30.3. The smallest absolute Gasteiger partial charge is 0.320 e. The first kappa shape index (κ1) is 32.5. The van der Waals surface area contributed by atoms with Gasteiger partial charge in [-0.15, -0.1) is 0 Å². The van der Waals surface area contributed by atoms with E-state index in [1.807, 2.05) is 15.9 Å². The molecule has 4 rings (SSSR count). The molecule has 236 valence electrons. The van der Waals surface area contributed by atoms with Gasteiger partial charge in [-0.25, -0.2) is 0 Å². The summed E-state index contributed by atoms with van der Waals surface area (Å²) in [4.78, 5) is 56.6. The highest BCUT2D eigenvalue weighted by molar-refractivity contribution is 5.92. The molecule has 0 unspecified atom stereocenters. The first-order valence-electron chi connectivity index (χ1n) is 16.5. The van der Waals surface area contributed by atoms with Crippen molar-refractivity contribution in [3.8, 4) is 0 Å². The molecule has 0 radical (unpaired) electrons. The molecule has 0 aromatic heterocycles. The van der Waals surface area contributed by atoms with Gasteiger partial charge in [0.1, 0.15) is 5.41 Å². The minimum absolute atomic E-state index is 0.0193. The number of carbonyl (C=O) groups is 4. The molecular formula is C33H53N3O6. The lowest BCUT2D eigenvalue weighted by Gasteiger charge is -2.53. The second-order valence-corrected chi connectivity index (χ2v) is 13.2. The highest BCUT2D eigenvalue weighted by Gasteiger charge is 2.63. The van der Waals surface area contributed by atoms with Crippen LogP contribution in [0.1, 0.15) is 104 Å². The minimum atomic E-state index is -1.10. The quantitative estimate of drug-likeness (QED) is 0.209. The molecule has 9 nitrogen and oxygen atoms in total. The summed E-state index contributed by atoms with van der Waals surface area (Å²) in [5.74, 6) is -0.674. The van der Waals surface area contributed by atoms with Gasteiger partial charge in [0, 0.05) is 50.6 Å². The molecule has 4 atom stereocenters. The van der Waals surface area contributed by atoms with Gasteiger partial charge < -0.3 is 24.6 Å². The molecule has 4 aliphatic rings. The number of unbranched alkanes of at least 4 members (excludes halogenated alkanes) is 5. The first-order chi connectivity index (χ1) is 20.2. The molecule has 0 spiro atoms. The number of likely N-dealkylation sites (tertiary alicyclic amines) is 2. The third-order valence-electron chi connectivity index (χ3n) is 9.57. The van der Waals surface area contributed by atoms with E-state index in [4.69, 9.17) is 9.47 Å². The monoisotopic (exact) mass is 587 g/mol. The van der Waals surface area contributed by atoms with E-state index in [9.17, 15) is 19.2 Å². The normalized spacial score (nSPS) is 27.7. The molecule has 1 aliphatic carbocycles. The third-order valence-corrected chi connectivity index (χ3v) is 9.57. The Balaban J connectivity index is 1.53. The van der Waals surface area contributed by atoms with Crippen LogP contribution >= 0.6 is 0 Å². The number of hydrogen-bond acceptors (Lipinski definition) is 6. The summed E-state index contributed by atoms with van der Waals surface area (Å²) in [5.41, 5.74) is -0.361. The molecule has 1 N–H and O–H groups in total. The number of hydrogen-bond donors (Lipinski definition) is 1. The van der Waals surface area contributed by atoms with E-state index in [-0.39, 0.29) is 60.6 Å². The summed E-state index contributed by atoms with van der Waals surface area (Å²) >= 11 is 0. The van der Waals surface area contributed by atoms with E-state index in [1.54, 1.807) is 0 Å². The lowest BCUT2D eigenvalue weighted by Crippen LogP contribution is -2.62. The number of amides is 3. The lowest BCUT2D eigenvalue weighted by atomic mass is 9.64. The molecule has 42 heavy (non-hydrogen) atoms. The van der Waals surface area contributed by atoms with Crippen molar-refractivity contribution in [2.75, 3.05) is 33.3 Å². The van der Waals surface area contributed by atoms with Gasteiger partial charge in [0.05, 0.1) is 19.3 Å². The molecule has 0 bridgehead atoms. The maximum Gasteiger partial charge on any atom is 0.320 e. The molecule has 1 saturated carbocycles. The molecule has 3 amide bonds. The van der Waals surface area contributed by atoms with E-state index >= 15 is 0 Å². The van der Waals surface area contributed by atoms with Crippen LogP contribution in [0.15, 0.2) is 11.8 Å². The van der Waals surface area contributed by atoms with Crippen molar-refractivity contribution in [1.29, 1.82) is 0 Å². The Bertz CT molecular complexity index is 1010. The van der Waals surface area contributed by atoms with E-state index in [0.717, 1.165) is 50.8 Å². The van der Waals surface area contributed by atoms with Crippen molar-refractivity contribution in [3.05, 3.63) is 11.8 Å². The van der Waals surface area contributed by atoms with Crippen LogP contribution < -0.4 is 5.32 Å². The number of rotatable bonds is 16. The molecule has 3 fully saturated rings. The summed E-state index contributed by atoms with van der Waals surface area (Å²) in [6.07, 6.45) is 12.4. The van der Waals surface area contributed by atoms with E-state index in [0.29, 0.717) is 32.5 Å². The number of fused-ring (bicyclic) bond motifs is 1. The van der Waals surface area contributed by atoms with Gasteiger partial charge in [-0.05, 0) is 56.4 Å². The van der Waals surface area contributed by atoms with E-state index in [1.165, 1.54) is 26.4 Å². The Morgan fingerprint density at radius 1 is 1.10 bits per heavy atom. The molecule has 2 saturated heterocycles. The fourth-order valence-corrected chi connectivity index (χ4v) is 7.06. The molecule has 3 heterocycles. The molecule has 0 aromatic rings. The maximum absolute atomic E-state index is 14.1. The maximum atomic E-state index is 14.1. The standard InChI is InChI=1S/C33H53N3O6/c1-5-6-7-8-9-10-19-36-27-21-26(23(2)3)42-30(24-14-15-24)33(27,32(40)41-4)22-25(31(36)39)20-28(37)34-16-12-18-35-17-11-13-29(35)38/h21,23-26,30H,5-20,22H2,1-4H3,(H,34,37)/t25-,26+,30+,33+/m0/s1. The topological polar surface area (TPSA) is 105 Å². The van der Waals surface area contributed by atoms with Gasteiger partial charge in [-0.3, -0.25) is 19.2 Å². The Kier molecular flexibility index (Phi) is 11.5. The first-order valence-corrected chi connectivity index (χ1v) is 16.5. The number of nitrogens with zero attached hydrogens (tertiary/aromatic N) is 2. The predicted molar refractivity (Wildman–Crippen MR) is 160 cm³/mol. The Hall–Kier alpha value is -2.42. The van der Waals surface area contributed by atoms with Gasteiger partial charge in [0.2, 0.25) is 17.7 Å². The second kappa shape index (κ2) is 14.8. The van der Waals surface area contributed by atoms with Crippen molar-refractivity contribution < 1.29 is 28.7 Å².